The number of hydrogen-bond acceptors (Lipinski definition) is 5. The summed E-state index contributed by atoms with van der Waals surface area (Å²) in [7, 11) is 3.40. The molecular weight excluding hydrogens is 525 g/mol. The second-order valence-corrected chi connectivity index (χ2v) is 7.52. The number of amides is 2. The molecule has 1 heterocycles. The molecule has 1 saturated heterocycles. The zero-order chi connectivity index (χ0) is 22.6. The third-order valence-electron chi connectivity index (χ3n) is 4.89. The Morgan fingerprint density at radius 3 is 2.56 bits per heavy atom. The minimum atomic E-state index is -0.240. The molecule has 1 aliphatic rings. The second kappa shape index (κ2) is 14.8. The van der Waals surface area contributed by atoms with E-state index in [1.807, 2.05) is 38.1 Å². The van der Waals surface area contributed by atoms with E-state index in [-0.39, 0.29) is 48.6 Å². The fourth-order valence-corrected chi connectivity index (χ4v) is 3.11. The molecule has 0 unspecified atom stereocenters. The van der Waals surface area contributed by atoms with Crippen molar-refractivity contribution in [3.63, 3.8) is 0 Å². The highest BCUT2D eigenvalue weighted by Crippen LogP contribution is 2.15. The number of likely N-dealkylation sites (N-methyl/N-ethyl adjacent to an activating group) is 1. The summed E-state index contributed by atoms with van der Waals surface area (Å²) in [5.74, 6) is 1.30. The summed E-state index contributed by atoms with van der Waals surface area (Å²) < 4.78 is 10.7. The number of benzene rings is 1. The van der Waals surface area contributed by atoms with Crippen LogP contribution in [0.3, 0.4) is 0 Å². The van der Waals surface area contributed by atoms with Crippen LogP contribution in [0, 0.1) is 0 Å². The molecule has 0 bridgehead atoms. The van der Waals surface area contributed by atoms with E-state index >= 15 is 0 Å². The number of carbonyl (C=O) groups excluding carboxylic acids is 2. The Morgan fingerprint density at radius 1 is 1.22 bits per heavy atom. The smallest absolute Gasteiger partial charge is 0.409 e. The number of halogens is 1. The predicted octanol–water partition coefficient (Wildman–Crippen LogP) is 2.45. The first-order valence-electron chi connectivity index (χ1n) is 10.8. The van der Waals surface area contributed by atoms with E-state index in [4.69, 9.17) is 9.47 Å². The van der Waals surface area contributed by atoms with E-state index in [1.165, 1.54) is 4.90 Å². The average Bonchev–Trinajstić information content (AvgIpc) is 2.77. The Balaban J connectivity index is 0.00000512. The van der Waals surface area contributed by atoms with Crippen LogP contribution in [0.1, 0.15) is 32.3 Å². The van der Waals surface area contributed by atoms with Crippen LogP contribution in [0.15, 0.2) is 29.3 Å². The number of likely N-dealkylation sites (tertiary alicyclic amines) is 1. The van der Waals surface area contributed by atoms with E-state index in [0.29, 0.717) is 32.0 Å². The highest BCUT2D eigenvalue weighted by Gasteiger charge is 2.24. The van der Waals surface area contributed by atoms with Crippen molar-refractivity contribution in [1.29, 1.82) is 0 Å². The highest BCUT2D eigenvalue weighted by molar-refractivity contribution is 14.0. The first-order chi connectivity index (χ1) is 14.9. The van der Waals surface area contributed by atoms with Gasteiger partial charge < -0.3 is 29.9 Å². The van der Waals surface area contributed by atoms with Crippen LogP contribution in [0.5, 0.6) is 5.75 Å². The molecule has 0 aliphatic carbocycles. The quantitative estimate of drug-likeness (QED) is 0.288. The molecule has 0 aromatic heterocycles. The van der Waals surface area contributed by atoms with Crippen LogP contribution < -0.4 is 15.4 Å². The fraction of sp³-hybridized carbons (Fsp3) is 0.591. The lowest BCUT2D eigenvalue weighted by Gasteiger charge is -2.32. The van der Waals surface area contributed by atoms with Gasteiger partial charge >= 0.3 is 6.09 Å². The second-order valence-electron chi connectivity index (χ2n) is 7.52. The fourth-order valence-electron chi connectivity index (χ4n) is 3.11. The largest absolute Gasteiger partial charge is 0.484 e. The van der Waals surface area contributed by atoms with Gasteiger partial charge in [-0.2, -0.15) is 0 Å². The molecule has 9 nitrogen and oxygen atoms in total. The Kier molecular flexibility index (Phi) is 12.8. The van der Waals surface area contributed by atoms with Gasteiger partial charge in [0.05, 0.1) is 13.2 Å². The summed E-state index contributed by atoms with van der Waals surface area (Å²) in [4.78, 5) is 31.5. The predicted molar refractivity (Wildman–Crippen MR) is 136 cm³/mol. The summed E-state index contributed by atoms with van der Waals surface area (Å²) >= 11 is 0. The van der Waals surface area contributed by atoms with Crippen molar-refractivity contribution >= 4 is 41.9 Å². The maximum atomic E-state index is 11.8. The van der Waals surface area contributed by atoms with Crippen LogP contribution in [0.25, 0.3) is 0 Å². The Labute approximate surface area is 207 Å². The van der Waals surface area contributed by atoms with Crippen molar-refractivity contribution in [3.05, 3.63) is 29.8 Å². The van der Waals surface area contributed by atoms with Crippen molar-refractivity contribution < 1.29 is 19.1 Å². The van der Waals surface area contributed by atoms with Crippen LogP contribution in [0.4, 0.5) is 4.79 Å². The van der Waals surface area contributed by atoms with Gasteiger partial charge in [-0.05, 0) is 44.4 Å². The maximum Gasteiger partial charge on any atom is 0.409 e. The Morgan fingerprint density at radius 2 is 1.94 bits per heavy atom. The molecule has 180 valence electrons. The molecule has 32 heavy (non-hydrogen) atoms. The molecule has 0 atom stereocenters. The lowest BCUT2D eigenvalue weighted by atomic mass is 10.1. The molecule has 2 N–H and O–H groups in total. The molecular formula is C22H36IN5O4. The number of ether oxygens (including phenoxy) is 2. The summed E-state index contributed by atoms with van der Waals surface area (Å²) in [6.45, 7) is 6.81. The van der Waals surface area contributed by atoms with Gasteiger partial charge in [0.15, 0.2) is 12.6 Å². The van der Waals surface area contributed by atoms with Crippen molar-refractivity contribution in [1.82, 2.24) is 20.4 Å². The molecule has 10 heteroatoms. The van der Waals surface area contributed by atoms with Crippen LogP contribution in [-0.2, 0) is 16.1 Å². The normalized spacial score (nSPS) is 14.2. The molecule has 0 spiro atoms. The lowest BCUT2D eigenvalue weighted by Crippen LogP contribution is -2.49. The minimum absolute atomic E-state index is 0. The van der Waals surface area contributed by atoms with Gasteiger partial charge in [0.2, 0.25) is 0 Å². The van der Waals surface area contributed by atoms with Gasteiger partial charge in [0.1, 0.15) is 5.75 Å². The van der Waals surface area contributed by atoms with Gasteiger partial charge in [0, 0.05) is 39.8 Å². The van der Waals surface area contributed by atoms with Crippen molar-refractivity contribution in [3.8, 4) is 5.75 Å². The van der Waals surface area contributed by atoms with Gasteiger partial charge in [-0.25, -0.2) is 9.79 Å². The minimum Gasteiger partial charge on any atom is -0.484 e. The van der Waals surface area contributed by atoms with E-state index < -0.39 is 0 Å². The number of nitrogens with one attached hydrogen (secondary N) is 2. The SMILES string of the molecule is CCNC(=NCc1cccc(OCC(=O)N(C)C)c1)NC1CCN(C(=O)OCC)CC1.I. The number of nitrogens with zero attached hydrogens (tertiary/aromatic N) is 3. The number of guanidine groups is 1. The number of carbonyl (C=O) groups is 2. The summed E-state index contributed by atoms with van der Waals surface area (Å²) in [6.07, 6.45) is 1.44. The molecule has 1 aromatic rings. The van der Waals surface area contributed by atoms with E-state index in [0.717, 1.165) is 30.9 Å². The first-order valence-corrected chi connectivity index (χ1v) is 10.8. The Bertz CT molecular complexity index is 752. The molecule has 1 aromatic carbocycles. The van der Waals surface area contributed by atoms with Gasteiger partial charge in [0.25, 0.3) is 5.91 Å². The number of hydrogen-bond donors (Lipinski definition) is 2. The zero-order valence-electron chi connectivity index (χ0n) is 19.4. The van der Waals surface area contributed by atoms with Crippen LogP contribution in [-0.4, -0.2) is 80.7 Å². The molecule has 1 aliphatic heterocycles. The van der Waals surface area contributed by atoms with Crippen molar-refractivity contribution in [2.75, 3.05) is 46.9 Å². The molecule has 1 fully saturated rings. The van der Waals surface area contributed by atoms with Gasteiger partial charge in [-0.1, -0.05) is 12.1 Å². The van der Waals surface area contributed by atoms with Crippen LogP contribution >= 0.6 is 24.0 Å². The first kappa shape index (κ1) is 27.8. The molecule has 0 radical (unpaired) electrons. The van der Waals surface area contributed by atoms with Crippen LogP contribution in [0.2, 0.25) is 0 Å². The topological polar surface area (TPSA) is 95.5 Å². The third kappa shape index (κ3) is 9.49. The van der Waals surface area contributed by atoms with Gasteiger partial charge in [-0.3, -0.25) is 4.79 Å². The maximum absolute atomic E-state index is 11.8. The number of aliphatic imine (C=N–C) groups is 1. The van der Waals surface area contributed by atoms with Crippen molar-refractivity contribution in [2.24, 2.45) is 4.99 Å². The van der Waals surface area contributed by atoms with Crippen molar-refractivity contribution in [2.45, 2.75) is 39.3 Å². The number of rotatable bonds is 8. The van der Waals surface area contributed by atoms with E-state index in [1.54, 1.807) is 19.0 Å². The molecule has 0 saturated carbocycles. The average molecular weight is 561 g/mol. The lowest BCUT2D eigenvalue weighted by molar-refractivity contribution is -0.130. The summed E-state index contributed by atoms with van der Waals surface area (Å²) in [5, 5.41) is 6.74. The van der Waals surface area contributed by atoms with Gasteiger partial charge in [-0.15, -0.1) is 24.0 Å². The number of piperidine rings is 1. The zero-order valence-corrected chi connectivity index (χ0v) is 21.8. The highest BCUT2D eigenvalue weighted by atomic mass is 127. The third-order valence-corrected chi connectivity index (χ3v) is 4.89. The molecule has 2 rings (SSSR count). The summed E-state index contributed by atoms with van der Waals surface area (Å²) in [6, 6.07) is 7.84. The monoisotopic (exact) mass is 561 g/mol. The Hall–Kier alpha value is -2.24. The standard InChI is InChI=1S/C22H35N5O4.HI/c1-5-23-21(25-18-10-12-27(13-11-18)22(29)30-6-2)24-15-17-8-7-9-19(14-17)31-16-20(28)26(3)4;/h7-9,14,18H,5-6,10-13,15-16H2,1-4H3,(H2,23,24,25);1H. The van der Waals surface area contributed by atoms with E-state index in [2.05, 4.69) is 15.6 Å². The summed E-state index contributed by atoms with van der Waals surface area (Å²) in [5.41, 5.74) is 0.990. The molecule has 2 amide bonds. The van der Waals surface area contributed by atoms with E-state index in [9.17, 15) is 9.59 Å².